The van der Waals surface area contributed by atoms with Gasteiger partial charge in [-0.15, -0.1) is 0 Å². The molecule has 5 nitrogen and oxygen atoms in total. The smallest absolute Gasteiger partial charge is 0.207 e. The minimum absolute atomic E-state index is 0.307. The molecule has 1 aromatic carbocycles. The molecule has 142 valence electrons. The van der Waals surface area contributed by atoms with Crippen molar-refractivity contribution in [3.8, 4) is 5.75 Å². The van der Waals surface area contributed by atoms with E-state index in [2.05, 4.69) is 28.6 Å². The molecule has 4 rings (SSSR count). The molecule has 1 saturated carbocycles. The molecule has 1 aliphatic heterocycles. The summed E-state index contributed by atoms with van der Waals surface area (Å²) in [5.41, 5.74) is 2.50. The molecule has 0 bridgehead atoms. The maximum atomic E-state index is 10.7. The van der Waals surface area contributed by atoms with Crippen molar-refractivity contribution in [2.75, 3.05) is 19.8 Å². The first-order valence-corrected chi connectivity index (χ1v) is 9.83. The third-order valence-corrected chi connectivity index (χ3v) is 5.24. The zero-order valence-corrected chi connectivity index (χ0v) is 15.6. The van der Waals surface area contributed by atoms with Gasteiger partial charge in [0.25, 0.3) is 0 Å². The zero-order chi connectivity index (χ0) is 18.2. The van der Waals surface area contributed by atoms with E-state index < -0.39 is 0 Å². The largest absolute Gasteiger partial charge is 0.494 e. The van der Waals surface area contributed by atoms with E-state index >= 15 is 0 Å². The molecule has 1 aliphatic carbocycles. The number of hydrogen-bond acceptors (Lipinski definition) is 3. The fourth-order valence-electron chi connectivity index (χ4n) is 3.95. The number of aromatic amines is 1. The van der Waals surface area contributed by atoms with Gasteiger partial charge in [-0.1, -0.05) is 6.42 Å². The van der Waals surface area contributed by atoms with Crippen LogP contribution in [0.1, 0.15) is 56.9 Å². The highest BCUT2D eigenvalue weighted by atomic mass is 16.5. The molecule has 1 saturated heterocycles. The Balaban J connectivity index is 0.000000339. The van der Waals surface area contributed by atoms with Crippen LogP contribution < -0.4 is 10.1 Å². The van der Waals surface area contributed by atoms with Gasteiger partial charge in [-0.05, 0) is 68.7 Å². The standard InChI is InChI=1S/C17H22N2O2.C4H8O/c1-2-21-14-6-7-17-15(9-14)16(10-18-17)12-4-3-5-13(8-12)19-11-20;1-2-4-5-3-1/h6-7,9-13,18H,2-5,8H2,1H3,(H,19,20);1-4H2/t12-,13+;/m0./s1. The van der Waals surface area contributed by atoms with Crippen LogP contribution in [0.3, 0.4) is 0 Å². The summed E-state index contributed by atoms with van der Waals surface area (Å²) in [7, 11) is 0. The normalized spacial score (nSPS) is 22.5. The monoisotopic (exact) mass is 358 g/mol. The lowest BCUT2D eigenvalue weighted by molar-refractivity contribution is -0.110. The van der Waals surface area contributed by atoms with Crippen LogP contribution in [0.4, 0.5) is 0 Å². The molecule has 0 spiro atoms. The molecule has 2 atom stereocenters. The Hall–Kier alpha value is -2.01. The molecular formula is C21H30N2O3. The van der Waals surface area contributed by atoms with Crippen LogP contribution in [0.25, 0.3) is 10.9 Å². The first kappa shape index (κ1) is 18.8. The number of ether oxygens (including phenoxy) is 2. The van der Waals surface area contributed by atoms with E-state index in [4.69, 9.17) is 9.47 Å². The van der Waals surface area contributed by atoms with Crippen LogP contribution in [0.2, 0.25) is 0 Å². The van der Waals surface area contributed by atoms with Gasteiger partial charge in [0.15, 0.2) is 0 Å². The molecule has 1 aromatic heterocycles. The number of amides is 1. The minimum atomic E-state index is 0.307. The van der Waals surface area contributed by atoms with Gasteiger partial charge in [-0.25, -0.2) is 0 Å². The lowest BCUT2D eigenvalue weighted by Gasteiger charge is -2.28. The molecule has 26 heavy (non-hydrogen) atoms. The Morgan fingerprint density at radius 3 is 2.81 bits per heavy atom. The highest BCUT2D eigenvalue weighted by molar-refractivity contribution is 5.85. The Kier molecular flexibility index (Phi) is 6.95. The van der Waals surface area contributed by atoms with Gasteiger partial charge < -0.3 is 19.8 Å². The highest BCUT2D eigenvalue weighted by Crippen LogP contribution is 2.37. The van der Waals surface area contributed by atoms with Gasteiger partial charge in [-0.2, -0.15) is 0 Å². The second-order valence-corrected chi connectivity index (χ2v) is 7.05. The van der Waals surface area contributed by atoms with Crippen LogP contribution in [-0.2, 0) is 9.53 Å². The molecule has 0 unspecified atom stereocenters. The number of nitrogens with one attached hydrogen (secondary N) is 2. The molecule has 2 heterocycles. The van der Waals surface area contributed by atoms with Gasteiger partial charge in [0.1, 0.15) is 5.75 Å². The number of fused-ring (bicyclic) bond motifs is 1. The number of carbonyl (C=O) groups excluding carboxylic acids is 1. The third-order valence-electron chi connectivity index (χ3n) is 5.24. The molecule has 2 aliphatic rings. The Morgan fingerprint density at radius 1 is 1.27 bits per heavy atom. The van der Waals surface area contributed by atoms with E-state index in [0.717, 1.165) is 50.2 Å². The average molecular weight is 358 g/mol. The van der Waals surface area contributed by atoms with Crippen molar-refractivity contribution in [1.82, 2.24) is 10.3 Å². The number of benzene rings is 1. The predicted octanol–water partition coefficient (Wildman–Crippen LogP) is 4.14. The number of rotatable bonds is 5. The van der Waals surface area contributed by atoms with Crippen molar-refractivity contribution in [1.29, 1.82) is 0 Å². The van der Waals surface area contributed by atoms with Crippen LogP contribution in [0, 0.1) is 0 Å². The van der Waals surface area contributed by atoms with Crippen molar-refractivity contribution in [3.63, 3.8) is 0 Å². The number of hydrogen-bond donors (Lipinski definition) is 2. The van der Waals surface area contributed by atoms with Gasteiger partial charge in [0.2, 0.25) is 6.41 Å². The van der Waals surface area contributed by atoms with Gasteiger partial charge in [-0.3, -0.25) is 4.79 Å². The first-order valence-electron chi connectivity index (χ1n) is 9.83. The molecule has 2 N–H and O–H groups in total. The molecule has 0 radical (unpaired) electrons. The first-order chi connectivity index (χ1) is 12.8. The van der Waals surface area contributed by atoms with Gasteiger partial charge in [0, 0.05) is 36.4 Å². The number of H-pyrrole nitrogens is 1. The van der Waals surface area contributed by atoms with E-state index in [1.807, 2.05) is 13.0 Å². The minimum Gasteiger partial charge on any atom is -0.494 e. The van der Waals surface area contributed by atoms with Crippen molar-refractivity contribution < 1.29 is 14.3 Å². The average Bonchev–Trinajstić information content (AvgIpc) is 3.36. The van der Waals surface area contributed by atoms with Gasteiger partial charge in [0.05, 0.1) is 6.61 Å². The van der Waals surface area contributed by atoms with E-state index in [1.54, 1.807) is 0 Å². The molecule has 2 fully saturated rings. The van der Waals surface area contributed by atoms with Crippen LogP contribution in [0.5, 0.6) is 5.75 Å². The molecule has 2 aromatic rings. The molecule has 1 amide bonds. The van der Waals surface area contributed by atoms with Crippen LogP contribution in [0.15, 0.2) is 24.4 Å². The summed E-state index contributed by atoms with van der Waals surface area (Å²) in [5, 5.41) is 4.19. The highest BCUT2D eigenvalue weighted by Gasteiger charge is 2.24. The van der Waals surface area contributed by atoms with E-state index in [9.17, 15) is 4.79 Å². The van der Waals surface area contributed by atoms with E-state index in [1.165, 1.54) is 30.2 Å². The number of aromatic nitrogens is 1. The summed E-state index contributed by atoms with van der Waals surface area (Å²) < 4.78 is 10.6. The quantitative estimate of drug-likeness (QED) is 0.790. The zero-order valence-electron chi connectivity index (χ0n) is 15.6. The summed E-state index contributed by atoms with van der Waals surface area (Å²) >= 11 is 0. The van der Waals surface area contributed by atoms with Crippen LogP contribution >= 0.6 is 0 Å². The lowest BCUT2D eigenvalue weighted by Crippen LogP contribution is -2.32. The summed E-state index contributed by atoms with van der Waals surface area (Å²) in [5.74, 6) is 1.42. The topological polar surface area (TPSA) is 63.4 Å². The van der Waals surface area contributed by atoms with Crippen molar-refractivity contribution in [2.24, 2.45) is 0 Å². The fraction of sp³-hybridized carbons (Fsp3) is 0.571. The Morgan fingerprint density at radius 2 is 2.12 bits per heavy atom. The van der Waals surface area contributed by atoms with Crippen molar-refractivity contribution in [2.45, 2.75) is 57.4 Å². The number of carbonyl (C=O) groups is 1. The SMILES string of the molecule is C1CCOC1.CCOc1ccc2[nH]cc([C@H]3CCC[C@@H](NC=O)C3)c2c1. The van der Waals surface area contributed by atoms with Gasteiger partial charge >= 0.3 is 0 Å². The summed E-state index contributed by atoms with van der Waals surface area (Å²) in [4.78, 5) is 14.0. The maximum absolute atomic E-state index is 10.7. The van der Waals surface area contributed by atoms with E-state index in [-0.39, 0.29) is 0 Å². The van der Waals surface area contributed by atoms with Crippen molar-refractivity contribution >= 4 is 17.3 Å². The maximum Gasteiger partial charge on any atom is 0.207 e. The molecular weight excluding hydrogens is 328 g/mol. The Bertz CT molecular complexity index is 686. The van der Waals surface area contributed by atoms with Crippen molar-refractivity contribution in [3.05, 3.63) is 30.0 Å². The van der Waals surface area contributed by atoms with E-state index in [0.29, 0.717) is 18.6 Å². The molecule has 5 heteroatoms. The van der Waals surface area contributed by atoms with Crippen LogP contribution in [-0.4, -0.2) is 37.3 Å². The summed E-state index contributed by atoms with van der Waals surface area (Å²) in [6.07, 6.45) is 9.95. The lowest BCUT2D eigenvalue weighted by atomic mass is 9.81. The predicted molar refractivity (Wildman–Crippen MR) is 104 cm³/mol. The second-order valence-electron chi connectivity index (χ2n) is 7.05. The third kappa shape index (κ3) is 4.79. The Labute approximate surface area is 155 Å². The second kappa shape index (κ2) is 9.62. The summed E-state index contributed by atoms with van der Waals surface area (Å²) in [6.45, 7) is 4.68. The fourth-order valence-corrected chi connectivity index (χ4v) is 3.95. The summed E-state index contributed by atoms with van der Waals surface area (Å²) in [6, 6.07) is 6.51.